The van der Waals surface area contributed by atoms with E-state index in [2.05, 4.69) is 9.72 Å². The van der Waals surface area contributed by atoms with E-state index in [0.29, 0.717) is 39.3 Å². The molecule has 0 unspecified atom stereocenters. The molecule has 0 atom stereocenters. The van der Waals surface area contributed by atoms with Gasteiger partial charge >= 0.3 is 6.09 Å². The zero-order valence-electron chi connectivity index (χ0n) is 23.6. The highest BCUT2D eigenvalue weighted by Crippen LogP contribution is 2.30. The van der Waals surface area contributed by atoms with Gasteiger partial charge in [-0.25, -0.2) is 22.5 Å². The molecule has 0 aliphatic rings. The number of ketones is 1. The van der Waals surface area contributed by atoms with Crippen molar-refractivity contribution >= 4 is 39.1 Å². The van der Waals surface area contributed by atoms with Gasteiger partial charge in [0.25, 0.3) is 5.91 Å². The molecule has 0 N–H and O–H groups in total. The number of hydrogen-bond donors (Lipinski definition) is 0. The number of sulfonamides is 1. The van der Waals surface area contributed by atoms with Crippen molar-refractivity contribution < 1.29 is 37.0 Å². The minimum atomic E-state index is -4.25. The normalized spacial score (nSPS) is 11.0. The van der Waals surface area contributed by atoms with Gasteiger partial charge in [-0.1, -0.05) is 30.3 Å². The maximum absolute atomic E-state index is 13.7. The topological polar surface area (TPSA) is 132 Å². The van der Waals surface area contributed by atoms with Gasteiger partial charge in [-0.3, -0.25) is 9.59 Å². The Morgan fingerprint density at radius 1 is 1.00 bits per heavy atom. The lowest BCUT2D eigenvalue weighted by atomic mass is 10.1. The summed E-state index contributed by atoms with van der Waals surface area (Å²) in [5.74, 6) is -0.989. The van der Waals surface area contributed by atoms with E-state index in [1.165, 1.54) is 19.6 Å². The number of hydrogen-bond acceptors (Lipinski definition) is 10. The van der Waals surface area contributed by atoms with Gasteiger partial charge in [0.15, 0.2) is 5.78 Å². The van der Waals surface area contributed by atoms with E-state index in [-0.39, 0.29) is 18.1 Å². The summed E-state index contributed by atoms with van der Waals surface area (Å²) in [6.45, 7) is 2.33. The molecule has 0 aliphatic carbocycles. The number of carbonyl (C=O) groups excluding carboxylic acids is 3. The summed E-state index contributed by atoms with van der Waals surface area (Å²) in [5.41, 5.74) is 2.20. The van der Waals surface area contributed by atoms with Crippen molar-refractivity contribution in [2.45, 2.75) is 26.3 Å². The third-order valence-electron chi connectivity index (χ3n) is 6.35. The number of nitrogens with zero attached hydrogens (tertiary/aromatic N) is 3. The van der Waals surface area contributed by atoms with Crippen molar-refractivity contribution in [2.75, 3.05) is 40.7 Å². The van der Waals surface area contributed by atoms with Crippen LogP contribution in [0.4, 0.5) is 4.79 Å². The highest BCUT2D eigenvalue weighted by atomic mass is 32.2. The molecule has 1 aromatic heterocycles. The van der Waals surface area contributed by atoms with Gasteiger partial charge < -0.3 is 19.1 Å². The van der Waals surface area contributed by atoms with Gasteiger partial charge in [0, 0.05) is 30.1 Å². The van der Waals surface area contributed by atoms with Gasteiger partial charge in [-0.05, 0) is 37.5 Å². The maximum atomic E-state index is 13.7. The number of Topliss-reactive ketones (excluding diaryl/α,β-unsaturated/α-hetero) is 1. The summed E-state index contributed by atoms with van der Waals surface area (Å²) in [6, 6.07) is 13.2. The molecule has 0 radical (unpaired) electrons. The molecule has 2 aromatic carbocycles. The summed E-state index contributed by atoms with van der Waals surface area (Å²) in [7, 11) is 0.835. The quantitative estimate of drug-likeness (QED) is 0.266. The Hall–Kier alpha value is -3.97. The molecule has 220 valence electrons. The van der Waals surface area contributed by atoms with Crippen molar-refractivity contribution in [3.05, 3.63) is 75.2 Å². The number of ether oxygens (including phenoxy) is 3. The fraction of sp³-hybridized carbons (Fsp3) is 0.357. The zero-order valence-corrected chi connectivity index (χ0v) is 25.2. The van der Waals surface area contributed by atoms with Crippen LogP contribution in [0.1, 0.15) is 43.4 Å². The van der Waals surface area contributed by atoms with Crippen LogP contribution in [0.15, 0.2) is 47.8 Å². The second kappa shape index (κ2) is 14.1. The van der Waals surface area contributed by atoms with E-state index in [9.17, 15) is 22.8 Å². The van der Waals surface area contributed by atoms with Crippen LogP contribution in [-0.2, 0) is 27.7 Å². The lowest BCUT2D eigenvalue weighted by Gasteiger charge is -2.23. The summed E-state index contributed by atoms with van der Waals surface area (Å²) >= 11 is 1.14. The molecule has 0 bridgehead atoms. The average Bonchev–Trinajstić information content (AvgIpc) is 3.44. The first-order chi connectivity index (χ1) is 19.5. The molecule has 3 rings (SSSR count). The number of aryl methyl sites for hydroxylation is 1. The second-order valence-corrected chi connectivity index (χ2v) is 12.0. The van der Waals surface area contributed by atoms with Crippen LogP contribution >= 0.6 is 11.3 Å². The van der Waals surface area contributed by atoms with Crippen molar-refractivity contribution in [3.63, 3.8) is 0 Å². The fourth-order valence-electron chi connectivity index (χ4n) is 4.02. The summed E-state index contributed by atoms with van der Waals surface area (Å²) < 4.78 is 40.5. The monoisotopic (exact) mass is 603 g/mol. The van der Waals surface area contributed by atoms with Crippen LogP contribution in [0.2, 0.25) is 0 Å². The van der Waals surface area contributed by atoms with Gasteiger partial charge in [0.05, 0.1) is 27.9 Å². The molecule has 0 spiro atoms. The van der Waals surface area contributed by atoms with Crippen molar-refractivity contribution in [3.8, 4) is 11.5 Å². The molecule has 0 fully saturated rings. The first kappa shape index (κ1) is 31.6. The number of amides is 2. The van der Waals surface area contributed by atoms with Gasteiger partial charge in [-0.15, -0.1) is 11.3 Å². The minimum Gasteiger partial charge on any atom is -0.496 e. The maximum Gasteiger partial charge on any atom is 0.423 e. The van der Waals surface area contributed by atoms with Crippen LogP contribution in [0, 0.1) is 6.92 Å². The Labute approximate surface area is 243 Å². The molecule has 2 amide bonds. The second-order valence-electron chi connectivity index (χ2n) is 9.07. The van der Waals surface area contributed by atoms with Gasteiger partial charge in [0.2, 0.25) is 10.0 Å². The molecule has 41 heavy (non-hydrogen) atoms. The SMILES string of the molecule is COC(=O)N(C)S(=O)(=O)CC(=O)c1csc(CN(CCCc2ccccc2)C(=O)c2cc(OC)c(C)c(OC)c2)n1. The number of thiazole rings is 1. The summed E-state index contributed by atoms with van der Waals surface area (Å²) in [5, 5.41) is 1.89. The lowest BCUT2D eigenvalue weighted by molar-refractivity contribution is 0.0740. The van der Waals surface area contributed by atoms with Crippen LogP contribution in [0.3, 0.4) is 0 Å². The average molecular weight is 604 g/mol. The number of aromatic nitrogens is 1. The first-order valence-corrected chi connectivity index (χ1v) is 15.1. The summed E-state index contributed by atoms with van der Waals surface area (Å²) in [6.07, 6.45) is 0.314. The number of carbonyl (C=O) groups is 3. The van der Waals surface area contributed by atoms with E-state index in [4.69, 9.17) is 9.47 Å². The smallest absolute Gasteiger partial charge is 0.423 e. The molecule has 0 saturated heterocycles. The van der Waals surface area contributed by atoms with E-state index >= 15 is 0 Å². The van der Waals surface area contributed by atoms with Crippen molar-refractivity contribution in [1.29, 1.82) is 0 Å². The van der Waals surface area contributed by atoms with Crippen LogP contribution < -0.4 is 9.47 Å². The Morgan fingerprint density at radius 2 is 1.63 bits per heavy atom. The lowest BCUT2D eigenvalue weighted by Crippen LogP contribution is -2.37. The van der Waals surface area contributed by atoms with Gasteiger partial charge in [0.1, 0.15) is 28.0 Å². The Kier molecular flexibility index (Phi) is 10.8. The van der Waals surface area contributed by atoms with E-state index in [1.807, 2.05) is 37.3 Å². The Bertz CT molecular complexity index is 1460. The van der Waals surface area contributed by atoms with E-state index < -0.39 is 27.7 Å². The third-order valence-corrected chi connectivity index (χ3v) is 8.79. The van der Waals surface area contributed by atoms with E-state index in [1.54, 1.807) is 17.0 Å². The zero-order chi connectivity index (χ0) is 30.2. The Morgan fingerprint density at radius 3 is 2.22 bits per heavy atom. The van der Waals surface area contributed by atoms with E-state index in [0.717, 1.165) is 43.0 Å². The van der Waals surface area contributed by atoms with Crippen molar-refractivity contribution in [2.24, 2.45) is 0 Å². The predicted octanol–water partition coefficient (Wildman–Crippen LogP) is 3.95. The molecular weight excluding hydrogens is 570 g/mol. The molecule has 13 heteroatoms. The molecular formula is C28H33N3O8S2. The first-order valence-electron chi connectivity index (χ1n) is 12.6. The summed E-state index contributed by atoms with van der Waals surface area (Å²) in [4.78, 5) is 44.0. The molecule has 11 nitrogen and oxygen atoms in total. The third kappa shape index (κ3) is 8.04. The standard InChI is InChI=1S/C28H33N3O8S2/c1-19-24(37-3)14-21(15-25(19)38-4)27(33)31(13-9-12-20-10-7-6-8-11-20)16-26-29-22(17-40-26)23(32)18-41(35,36)30(2)28(34)39-5/h6-8,10-11,14-15,17H,9,12-13,16,18H2,1-5H3. The van der Waals surface area contributed by atoms with Crippen LogP contribution in [-0.4, -0.2) is 81.1 Å². The molecule has 0 aliphatic heterocycles. The van der Waals surface area contributed by atoms with Crippen molar-refractivity contribution in [1.82, 2.24) is 14.2 Å². The number of benzene rings is 2. The predicted molar refractivity (Wildman–Crippen MR) is 154 cm³/mol. The highest BCUT2D eigenvalue weighted by molar-refractivity contribution is 7.90. The Balaban J connectivity index is 1.83. The molecule has 0 saturated carbocycles. The molecule has 3 aromatic rings. The fourth-order valence-corrected chi connectivity index (χ4v) is 5.80. The largest absolute Gasteiger partial charge is 0.496 e. The van der Waals surface area contributed by atoms with Crippen LogP contribution in [0.25, 0.3) is 0 Å². The number of methoxy groups -OCH3 is 3. The highest BCUT2D eigenvalue weighted by Gasteiger charge is 2.29. The minimum absolute atomic E-state index is 0.0674. The van der Waals surface area contributed by atoms with Gasteiger partial charge in [-0.2, -0.15) is 0 Å². The van der Waals surface area contributed by atoms with Crippen LogP contribution in [0.5, 0.6) is 11.5 Å². The molecule has 1 heterocycles. The number of rotatable bonds is 13.